The zero-order chi connectivity index (χ0) is 18.6. The predicted molar refractivity (Wildman–Crippen MR) is 84.2 cm³/mol. The molecular weight excluding hydrogens is 333 g/mol. The van der Waals surface area contributed by atoms with Crippen molar-refractivity contribution in [3.63, 3.8) is 0 Å². The van der Waals surface area contributed by atoms with E-state index in [4.69, 9.17) is 5.26 Å². The third kappa shape index (κ3) is 4.38. The summed E-state index contributed by atoms with van der Waals surface area (Å²) in [5, 5.41) is 12.2. The standard InChI is InChI=1S/C17H17F3N4O/c1-3-24(12(2)14-6-4-13(10-21)5-7-14)16(25)11-23-9-8-15(22-23)17(18,19)20/h4-9,12H,3,11H2,1-2H3/t12-/m1/s1. The van der Waals surface area contributed by atoms with Gasteiger partial charge in [-0.3, -0.25) is 9.48 Å². The van der Waals surface area contributed by atoms with E-state index < -0.39 is 11.9 Å². The van der Waals surface area contributed by atoms with Crippen LogP contribution in [0.4, 0.5) is 13.2 Å². The van der Waals surface area contributed by atoms with E-state index in [1.807, 2.05) is 13.0 Å². The number of rotatable bonds is 5. The number of benzene rings is 1. The molecule has 0 spiro atoms. The Morgan fingerprint density at radius 3 is 2.44 bits per heavy atom. The van der Waals surface area contributed by atoms with E-state index in [1.165, 1.54) is 0 Å². The molecule has 0 aliphatic carbocycles. The van der Waals surface area contributed by atoms with Crippen molar-refractivity contribution in [2.75, 3.05) is 6.54 Å². The van der Waals surface area contributed by atoms with Gasteiger partial charge in [0.2, 0.25) is 5.91 Å². The van der Waals surface area contributed by atoms with Crippen molar-refractivity contribution in [3.05, 3.63) is 53.3 Å². The molecule has 0 N–H and O–H groups in total. The van der Waals surface area contributed by atoms with Gasteiger partial charge in [-0.05, 0) is 37.6 Å². The highest BCUT2D eigenvalue weighted by molar-refractivity contribution is 5.76. The van der Waals surface area contributed by atoms with Crippen molar-refractivity contribution in [2.24, 2.45) is 0 Å². The van der Waals surface area contributed by atoms with E-state index in [9.17, 15) is 18.0 Å². The molecule has 1 amide bonds. The maximum atomic E-state index is 12.6. The number of halogens is 3. The maximum absolute atomic E-state index is 12.6. The quantitative estimate of drug-likeness (QED) is 0.830. The van der Waals surface area contributed by atoms with Crippen molar-refractivity contribution in [1.82, 2.24) is 14.7 Å². The first-order valence-electron chi connectivity index (χ1n) is 7.66. The molecule has 1 atom stereocenters. The van der Waals surface area contributed by atoms with Gasteiger partial charge in [0, 0.05) is 12.7 Å². The fourth-order valence-electron chi connectivity index (χ4n) is 2.51. The number of amides is 1. The van der Waals surface area contributed by atoms with Gasteiger partial charge >= 0.3 is 6.18 Å². The number of carbonyl (C=O) groups excluding carboxylic acids is 1. The molecular formula is C17H17F3N4O. The molecule has 0 fully saturated rings. The average molecular weight is 350 g/mol. The van der Waals surface area contributed by atoms with E-state index in [0.29, 0.717) is 12.1 Å². The second-order valence-corrected chi connectivity index (χ2v) is 5.49. The lowest BCUT2D eigenvalue weighted by Gasteiger charge is -2.28. The third-order valence-electron chi connectivity index (χ3n) is 3.88. The van der Waals surface area contributed by atoms with Gasteiger partial charge in [0.1, 0.15) is 6.54 Å². The summed E-state index contributed by atoms with van der Waals surface area (Å²) < 4.78 is 38.7. The zero-order valence-corrected chi connectivity index (χ0v) is 13.8. The molecule has 1 heterocycles. The topological polar surface area (TPSA) is 61.9 Å². The van der Waals surface area contributed by atoms with Crippen LogP contribution in [0, 0.1) is 11.3 Å². The van der Waals surface area contributed by atoms with Gasteiger partial charge in [0.05, 0.1) is 17.7 Å². The molecule has 5 nitrogen and oxygen atoms in total. The molecule has 0 radical (unpaired) electrons. The molecule has 0 unspecified atom stereocenters. The van der Waals surface area contributed by atoms with Gasteiger partial charge in [-0.15, -0.1) is 0 Å². The van der Waals surface area contributed by atoms with Crippen LogP contribution in [-0.4, -0.2) is 27.1 Å². The predicted octanol–water partition coefficient (Wildman–Crippen LogP) is 3.38. The minimum atomic E-state index is -4.53. The molecule has 0 aliphatic heterocycles. The molecule has 1 aromatic heterocycles. The van der Waals surface area contributed by atoms with E-state index >= 15 is 0 Å². The molecule has 0 saturated heterocycles. The van der Waals surface area contributed by atoms with E-state index in [2.05, 4.69) is 5.10 Å². The van der Waals surface area contributed by atoms with Crippen LogP contribution in [0.5, 0.6) is 0 Å². The Balaban J connectivity index is 2.12. The normalized spacial score (nSPS) is 12.5. The SMILES string of the molecule is CCN(C(=O)Cn1ccc(C(F)(F)F)n1)[C@H](C)c1ccc(C#N)cc1. The van der Waals surface area contributed by atoms with Crippen LogP contribution in [0.25, 0.3) is 0 Å². The molecule has 0 aliphatic rings. The van der Waals surface area contributed by atoms with Crippen molar-refractivity contribution in [3.8, 4) is 6.07 Å². The molecule has 0 saturated carbocycles. The summed E-state index contributed by atoms with van der Waals surface area (Å²) >= 11 is 0. The largest absolute Gasteiger partial charge is 0.435 e. The van der Waals surface area contributed by atoms with Crippen molar-refractivity contribution < 1.29 is 18.0 Å². The Morgan fingerprint density at radius 1 is 1.32 bits per heavy atom. The fraction of sp³-hybridized carbons (Fsp3) is 0.353. The Hall–Kier alpha value is -2.82. The first kappa shape index (κ1) is 18.5. The van der Waals surface area contributed by atoms with Crippen LogP contribution in [0.15, 0.2) is 36.5 Å². The smallest absolute Gasteiger partial charge is 0.335 e. The number of likely N-dealkylation sites (N-methyl/N-ethyl adjacent to an activating group) is 1. The molecule has 8 heteroatoms. The number of nitriles is 1. The lowest BCUT2D eigenvalue weighted by molar-refractivity contribution is -0.142. The summed E-state index contributed by atoms with van der Waals surface area (Å²) in [6.07, 6.45) is -3.39. The summed E-state index contributed by atoms with van der Waals surface area (Å²) in [4.78, 5) is 14.0. The molecule has 132 valence electrons. The molecule has 2 rings (SSSR count). The zero-order valence-electron chi connectivity index (χ0n) is 13.8. The van der Waals surface area contributed by atoms with Crippen LogP contribution in [-0.2, 0) is 17.5 Å². The Bertz CT molecular complexity index is 774. The Morgan fingerprint density at radius 2 is 1.96 bits per heavy atom. The Labute approximate surface area is 143 Å². The lowest BCUT2D eigenvalue weighted by atomic mass is 10.0. The van der Waals surface area contributed by atoms with E-state index in [1.54, 1.807) is 36.1 Å². The van der Waals surface area contributed by atoms with Gasteiger partial charge in [0.25, 0.3) is 0 Å². The molecule has 2 aromatic rings. The minimum Gasteiger partial charge on any atom is -0.335 e. The van der Waals surface area contributed by atoms with Gasteiger partial charge in [0.15, 0.2) is 5.69 Å². The van der Waals surface area contributed by atoms with Crippen LogP contribution in [0.2, 0.25) is 0 Å². The highest BCUT2D eigenvalue weighted by Crippen LogP contribution is 2.27. The van der Waals surface area contributed by atoms with Crippen molar-refractivity contribution in [1.29, 1.82) is 5.26 Å². The first-order chi connectivity index (χ1) is 11.8. The fourth-order valence-corrected chi connectivity index (χ4v) is 2.51. The lowest BCUT2D eigenvalue weighted by Crippen LogP contribution is -2.36. The van der Waals surface area contributed by atoms with Crippen LogP contribution in [0.3, 0.4) is 0 Å². The Kier molecular flexibility index (Phi) is 5.47. The summed E-state index contributed by atoms with van der Waals surface area (Å²) in [7, 11) is 0. The van der Waals surface area contributed by atoms with Gasteiger partial charge < -0.3 is 4.90 Å². The second kappa shape index (κ2) is 7.38. The minimum absolute atomic E-state index is 0.273. The second-order valence-electron chi connectivity index (χ2n) is 5.49. The van der Waals surface area contributed by atoms with Gasteiger partial charge in [-0.25, -0.2) is 0 Å². The van der Waals surface area contributed by atoms with E-state index in [-0.39, 0.29) is 18.5 Å². The summed E-state index contributed by atoms with van der Waals surface area (Å²) in [5.41, 5.74) is 0.329. The maximum Gasteiger partial charge on any atom is 0.435 e. The highest BCUT2D eigenvalue weighted by atomic mass is 19.4. The number of nitrogens with zero attached hydrogens (tertiary/aromatic N) is 4. The van der Waals surface area contributed by atoms with Gasteiger partial charge in [-0.1, -0.05) is 12.1 Å². The summed E-state index contributed by atoms with van der Waals surface area (Å²) in [6.45, 7) is 3.74. The number of alkyl halides is 3. The average Bonchev–Trinajstić information content (AvgIpc) is 3.04. The summed E-state index contributed by atoms with van der Waals surface area (Å²) in [6, 6.07) is 9.43. The monoisotopic (exact) mass is 350 g/mol. The number of hydrogen-bond donors (Lipinski definition) is 0. The van der Waals surface area contributed by atoms with Gasteiger partial charge in [-0.2, -0.15) is 23.5 Å². The number of carbonyl (C=O) groups is 1. The highest BCUT2D eigenvalue weighted by Gasteiger charge is 2.33. The molecule has 0 bridgehead atoms. The first-order valence-corrected chi connectivity index (χ1v) is 7.66. The molecule has 25 heavy (non-hydrogen) atoms. The summed E-state index contributed by atoms with van der Waals surface area (Å²) in [5.74, 6) is -0.337. The third-order valence-corrected chi connectivity index (χ3v) is 3.88. The molecule has 1 aromatic carbocycles. The van der Waals surface area contributed by atoms with Crippen molar-refractivity contribution >= 4 is 5.91 Å². The number of aromatic nitrogens is 2. The van der Waals surface area contributed by atoms with E-state index in [0.717, 1.165) is 22.5 Å². The van der Waals surface area contributed by atoms with Crippen molar-refractivity contribution in [2.45, 2.75) is 32.6 Å². The van der Waals surface area contributed by atoms with Crippen LogP contribution >= 0.6 is 0 Å². The van der Waals surface area contributed by atoms with Crippen LogP contribution in [0.1, 0.15) is 36.7 Å². The number of hydrogen-bond acceptors (Lipinski definition) is 3. The van der Waals surface area contributed by atoms with Crippen LogP contribution < -0.4 is 0 Å².